The van der Waals surface area contributed by atoms with Gasteiger partial charge in [0.15, 0.2) is 0 Å². The molecule has 1 aromatic carbocycles. The zero-order valence-electron chi connectivity index (χ0n) is 15.0. The van der Waals surface area contributed by atoms with Gasteiger partial charge in [0.1, 0.15) is 0 Å². The Kier molecular flexibility index (Phi) is 10.4. The Labute approximate surface area is 146 Å². The fourth-order valence-electron chi connectivity index (χ4n) is 2.68. The second-order valence-corrected chi connectivity index (χ2v) is 8.68. The lowest BCUT2D eigenvalue weighted by Gasteiger charge is -2.32. The van der Waals surface area contributed by atoms with Crippen LogP contribution in [0.4, 0.5) is 0 Å². The number of nitrogens with two attached hydrogens (primary N) is 1. The van der Waals surface area contributed by atoms with E-state index in [2.05, 4.69) is 22.8 Å². The van der Waals surface area contributed by atoms with Crippen molar-refractivity contribution >= 4 is 8.80 Å². The van der Waals surface area contributed by atoms with Gasteiger partial charge in [0, 0.05) is 52.4 Å². The van der Waals surface area contributed by atoms with Gasteiger partial charge in [0.25, 0.3) is 0 Å². The van der Waals surface area contributed by atoms with Crippen LogP contribution < -0.4 is 16.4 Å². The van der Waals surface area contributed by atoms with E-state index in [1.807, 2.05) is 30.6 Å². The van der Waals surface area contributed by atoms with E-state index >= 15 is 0 Å². The zero-order chi connectivity index (χ0) is 17.7. The normalized spacial score (nSPS) is 13.2. The van der Waals surface area contributed by atoms with Crippen molar-refractivity contribution in [3.05, 3.63) is 48.3 Å². The highest BCUT2D eigenvalue weighted by Gasteiger charge is 2.46. The number of rotatable bonds is 13. The minimum Gasteiger partial charge on any atom is -0.390 e. The highest BCUT2D eigenvalue weighted by Crippen LogP contribution is 2.30. The summed E-state index contributed by atoms with van der Waals surface area (Å²) in [4.78, 5) is 0. The van der Waals surface area contributed by atoms with E-state index in [0.29, 0.717) is 6.54 Å². The summed E-state index contributed by atoms with van der Waals surface area (Å²) in [6, 6.07) is 10.3. The SMILES string of the molecule is CO[Si](OC)(OC)C(CCN)CCNC=CNCc1ccccc1. The molecule has 24 heavy (non-hydrogen) atoms. The summed E-state index contributed by atoms with van der Waals surface area (Å²) in [5, 5.41) is 6.53. The van der Waals surface area contributed by atoms with Crippen molar-refractivity contribution < 1.29 is 13.3 Å². The molecule has 0 aliphatic carbocycles. The molecule has 0 heterocycles. The first kappa shape index (κ1) is 20.7. The van der Waals surface area contributed by atoms with Gasteiger partial charge in [-0.05, 0) is 24.9 Å². The Bertz CT molecular complexity index is 447. The summed E-state index contributed by atoms with van der Waals surface area (Å²) < 4.78 is 16.7. The van der Waals surface area contributed by atoms with Gasteiger partial charge in [-0.2, -0.15) is 0 Å². The van der Waals surface area contributed by atoms with Crippen molar-refractivity contribution in [1.29, 1.82) is 0 Å². The molecule has 1 atom stereocenters. The predicted molar refractivity (Wildman–Crippen MR) is 99.2 cm³/mol. The molecular formula is C17H31N3O3Si. The van der Waals surface area contributed by atoms with Crippen molar-refractivity contribution in [1.82, 2.24) is 10.6 Å². The van der Waals surface area contributed by atoms with Crippen LogP contribution in [0.3, 0.4) is 0 Å². The van der Waals surface area contributed by atoms with E-state index in [-0.39, 0.29) is 5.54 Å². The van der Waals surface area contributed by atoms with Crippen LogP contribution in [0.2, 0.25) is 5.54 Å². The third-order valence-electron chi connectivity index (χ3n) is 3.97. The molecule has 0 bridgehead atoms. The average molecular weight is 354 g/mol. The minimum absolute atomic E-state index is 0.181. The first-order valence-corrected chi connectivity index (χ1v) is 10.0. The third kappa shape index (κ3) is 6.62. The quantitative estimate of drug-likeness (QED) is 0.371. The Morgan fingerprint density at radius 3 is 2.21 bits per heavy atom. The van der Waals surface area contributed by atoms with Crippen molar-refractivity contribution in [3.63, 3.8) is 0 Å². The average Bonchev–Trinajstić information content (AvgIpc) is 2.63. The van der Waals surface area contributed by atoms with E-state index in [9.17, 15) is 0 Å². The maximum Gasteiger partial charge on any atom is 0.503 e. The van der Waals surface area contributed by atoms with Crippen LogP contribution in [0, 0.1) is 0 Å². The molecular weight excluding hydrogens is 322 g/mol. The molecule has 0 aliphatic rings. The first-order valence-electron chi connectivity index (χ1n) is 8.23. The van der Waals surface area contributed by atoms with Crippen LogP contribution in [0.5, 0.6) is 0 Å². The van der Waals surface area contributed by atoms with Gasteiger partial charge in [-0.25, -0.2) is 0 Å². The van der Waals surface area contributed by atoms with Crippen molar-refractivity contribution in [2.24, 2.45) is 5.73 Å². The van der Waals surface area contributed by atoms with Crippen LogP contribution in [0.25, 0.3) is 0 Å². The Morgan fingerprint density at radius 1 is 1.00 bits per heavy atom. The third-order valence-corrected chi connectivity index (χ3v) is 7.26. The van der Waals surface area contributed by atoms with E-state index in [0.717, 1.165) is 25.9 Å². The molecule has 6 nitrogen and oxygen atoms in total. The van der Waals surface area contributed by atoms with E-state index in [1.54, 1.807) is 21.3 Å². The van der Waals surface area contributed by atoms with Crippen LogP contribution in [-0.4, -0.2) is 43.2 Å². The van der Waals surface area contributed by atoms with E-state index < -0.39 is 8.80 Å². The monoisotopic (exact) mass is 353 g/mol. The topological polar surface area (TPSA) is 77.8 Å². The smallest absolute Gasteiger partial charge is 0.390 e. The lowest BCUT2D eigenvalue weighted by molar-refractivity contribution is 0.108. The molecule has 0 saturated heterocycles. The van der Waals surface area contributed by atoms with Crippen LogP contribution in [0.1, 0.15) is 18.4 Å². The fraction of sp³-hybridized carbons (Fsp3) is 0.529. The summed E-state index contributed by atoms with van der Waals surface area (Å²) in [7, 11) is 2.28. The number of hydrogen-bond donors (Lipinski definition) is 3. The largest absolute Gasteiger partial charge is 0.503 e. The molecule has 4 N–H and O–H groups in total. The minimum atomic E-state index is -2.65. The van der Waals surface area contributed by atoms with Crippen LogP contribution in [0.15, 0.2) is 42.7 Å². The van der Waals surface area contributed by atoms with E-state index in [4.69, 9.17) is 19.0 Å². The summed E-state index contributed by atoms with van der Waals surface area (Å²) in [6.07, 6.45) is 5.53. The summed E-state index contributed by atoms with van der Waals surface area (Å²) in [5.41, 5.74) is 7.16. The highest BCUT2D eigenvalue weighted by atomic mass is 28.4. The molecule has 0 saturated carbocycles. The Balaban J connectivity index is 2.33. The summed E-state index contributed by atoms with van der Waals surface area (Å²) in [6.45, 7) is 2.20. The zero-order valence-corrected chi connectivity index (χ0v) is 16.0. The first-order chi connectivity index (χ1) is 11.7. The lowest BCUT2D eigenvalue weighted by atomic mass is 10.2. The highest BCUT2D eigenvalue weighted by molar-refractivity contribution is 6.62. The molecule has 0 fully saturated rings. The van der Waals surface area contributed by atoms with Gasteiger partial charge in [-0.15, -0.1) is 0 Å². The standard InChI is InChI=1S/C17H31N3O3Si/c1-21-24(22-2,23-3)17(9-11-18)10-12-19-13-14-20-15-16-7-5-4-6-8-16/h4-8,13-14,17,19-20H,9-12,15,18H2,1-3H3. The fourth-order valence-corrected chi connectivity index (χ4v) is 5.20. The molecule has 0 spiro atoms. The molecule has 1 unspecified atom stereocenters. The van der Waals surface area contributed by atoms with Gasteiger partial charge < -0.3 is 29.6 Å². The molecule has 136 valence electrons. The second-order valence-electron chi connectivity index (χ2n) is 5.43. The number of hydrogen-bond acceptors (Lipinski definition) is 6. The Morgan fingerprint density at radius 2 is 1.62 bits per heavy atom. The van der Waals surface area contributed by atoms with Gasteiger partial charge in [-0.1, -0.05) is 30.3 Å². The van der Waals surface area contributed by atoms with E-state index in [1.165, 1.54) is 5.56 Å². The molecule has 0 aliphatic heterocycles. The summed E-state index contributed by atoms with van der Waals surface area (Å²) >= 11 is 0. The van der Waals surface area contributed by atoms with Gasteiger partial charge in [0.05, 0.1) is 0 Å². The van der Waals surface area contributed by atoms with Crippen LogP contribution in [-0.2, 0) is 19.8 Å². The van der Waals surface area contributed by atoms with Crippen molar-refractivity contribution in [2.75, 3.05) is 34.4 Å². The van der Waals surface area contributed by atoms with Crippen molar-refractivity contribution in [2.45, 2.75) is 24.9 Å². The van der Waals surface area contributed by atoms with Gasteiger partial charge >= 0.3 is 8.80 Å². The summed E-state index contributed by atoms with van der Waals surface area (Å²) in [5.74, 6) is 0. The number of nitrogens with one attached hydrogen (secondary N) is 2. The second kappa shape index (κ2) is 12.0. The van der Waals surface area contributed by atoms with Gasteiger partial charge in [0.2, 0.25) is 0 Å². The molecule has 0 aromatic heterocycles. The lowest BCUT2D eigenvalue weighted by Crippen LogP contribution is -2.48. The van der Waals surface area contributed by atoms with Gasteiger partial charge in [-0.3, -0.25) is 0 Å². The molecule has 1 rings (SSSR count). The Hall–Kier alpha value is -1.38. The predicted octanol–water partition coefficient (Wildman–Crippen LogP) is 1.82. The molecule has 7 heteroatoms. The molecule has 0 amide bonds. The number of benzene rings is 1. The molecule has 1 aromatic rings. The maximum atomic E-state index is 5.73. The molecule has 0 radical (unpaired) electrons. The van der Waals surface area contributed by atoms with Crippen LogP contribution >= 0.6 is 0 Å². The van der Waals surface area contributed by atoms with Crippen molar-refractivity contribution in [3.8, 4) is 0 Å². The maximum absolute atomic E-state index is 5.73.